The van der Waals surface area contributed by atoms with Crippen molar-refractivity contribution in [3.05, 3.63) is 78.5 Å². The fourth-order valence-electron chi connectivity index (χ4n) is 3.50. The maximum atomic E-state index is 14.8. The van der Waals surface area contributed by atoms with E-state index in [-0.39, 0.29) is 18.0 Å². The summed E-state index contributed by atoms with van der Waals surface area (Å²) >= 11 is 0. The molecule has 0 saturated heterocycles. The zero-order valence-corrected chi connectivity index (χ0v) is 16.0. The van der Waals surface area contributed by atoms with Crippen molar-refractivity contribution in [2.75, 3.05) is 7.11 Å². The summed E-state index contributed by atoms with van der Waals surface area (Å²) in [5.74, 6) is -0.164. The Hall–Kier alpha value is -4.07. The van der Waals surface area contributed by atoms with E-state index in [9.17, 15) is 9.18 Å². The third-order valence-corrected chi connectivity index (χ3v) is 4.95. The van der Waals surface area contributed by atoms with Crippen LogP contribution in [0.15, 0.2) is 67.1 Å². The number of aromatic nitrogens is 5. The highest BCUT2D eigenvalue weighted by atomic mass is 19.1. The minimum Gasteiger partial charge on any atom is -0.496 e. The molecule has 1 aromatic carbocycles. The maximum Gasteiger partial charge on any atom is 0.188 e. The molecule has 30 heavy (non-hydrogen) atoms. The summed E-state index contributed by atoms with van der Waals surface area (Å²) in [7, 11) is 1.52. The molecule has 0 fully saturated rings. The molecule has 4 heterocycles. The van der Waals surface area contributed by atoms with Crippen LogP contribution in [-0.4, -0.2) is 37.3 Å². The van der Waals surface area contributed by atoms with Gasteiger partial charge in [0.05, 0.1) is 30.6 Å². The molecule has 7 nitrogen and oxygen atoms in total. The Morgan fingerprint density at radius 2 is 1.93 bits per heavy atom. The SMILES string of the molecule is COc1ccccc1C(=O)Cn1ncc2cc(F)c(-c3cnn4ccccc34)nc21. The number of halogens is 1. The van der Waals surface area contributed by atoms with Crippen LogP contribution in [0.5, 0.6) is 5.75 Å². The van der Waals surface area contributed by atoms with Gasteiger partial charge in [0.1, 0.15) is 23.8 Å². The first-order valence-corrected chi connectivity index (χ1v) is 9.27. The summed E-state index contributed by atoms with van der Waals surface area (Å²) in [4.78, 5) is 17.3. The van der Waals surface area contributed by atoms with Crippen molar-refractivity contribution in [2.24, 2.45) is 0 Å². The van der Waals surface area contributed by atoms with Crippen LogP contribution in [0.3, 0.4) is 0 Å². The first-order chi connectivity index (χ1) is 14.7. The van der Waals surface area contributed by atoms with Crippen LogP contribution >= 0.6 is 0 Å². The maximum absolute atomic E-state index is 14.8. The lowest BCUT2D eigenvalue weighted by atomic mass is 10.1. The number of ether oxygens (including phenoxy) is 1. The second-order valence-corrected chi connectivity index (χ2v) is 6.75. The van der Waals surface area contributed by atoms with Crippen LogP contribution in [0.1, 0.15) is 10.4 Å². The Bertz CT molecular complexity index is 1410. The van der Waals surface area contributed by atoms with Crippen molar-refractivity contribution in [1.82, 2.24) is 24.4 Å². The van der Waals surface area contributed by atoms with Crippen LogP contribution in [0.4, 0.5) is 4.39 Å². The lowest BCUT2D eigenvalue weighted by molar-refractivity contribution is 0.0966. The van der Waals surface area contributed by atoms with E-state index in [4.69, 9.17) is 4.74 Å². The number of methoxy groups -OCH3 is 1. The number of nitrogens with zero attached hydrogens (tertiary/aromatic N) is 5. The van der Waals surface area contributed by atoms with Gasteiger partial charge in [0.2, 0.25) is 0 Å². The van der Waals surface area contributed by atoms with Gasteiger partial charge in [-0.25, -0.2) is 18.6 Å². The van der Waals surface area contributed by atoms with E-state index in [0.717, 1.165) is 5.52 Å². The third-order valence-electron chi connectivity index (χ3n) is 4.95. The number of ketones is 1. The van der Waals surface area contributed by atoms with Gasteiger partial charge in [-0.2, -0.15) is 10.2 Å². The molecule has 5 rings (SSSR count). The van der Waals surface area contributed by atoms with Crippen molar-refractivity contribution in [3.63, 3.8) is 0 Å². The predicted molar refractivity (Wildman–Crippen MR) is 109 cm³/mol. The molecule has 148 valence electrons. The number of fused-ring (bicyclic) bond motifs is 2. The standard InChI is InChI=1S/C22H16FN5O2/c1-30-20-8-3-2-6-15(20)19(29)13-28-22-14(11-24-28)10-17(23)21(26-22)16-12-25-27-9-5-4-7-18(16)27/h2-12H,13H2,1H3. The molecule has 0 radical (unpaired) electrons. The van der Waals surface area contributed by atoms with Crippen LogP contribution in [0.25, 0.3) is 27.8 Å². The molecule has 5 aromatic rings. The zero-order chi connectivity index (χ0) is 20.7. The Kier molecular flexibility index (Phi) is 4.24. The van der Waals surface area contributed by atoms with Crippen molar-refractivity contribution >= 4 is 22.3 Å². The molecule has 0 N–H and O–H groups in total. The summed E-state index contributed by atoms with van der Waals surface area (Å²) in [6, 6.07) is 13.9. The van der Waals surface area contributed by atoms with E-state index in [0.29, 0.717) is 27.9 Å². The third kappa shape index (κ3) is 2.89. The van der Waals surface area contributed by atoms with E-state index in [1.165, 1.54) is 24.1 Å². The molecule has 0 atom stereocenters. The number of hydrogen-bond acceptors (Lipinski definition) is 5. The summed E-state index contributed by atoms with van der Waals surface area (Å²) in [5.41, 5.74) is 2.34. The Morgan fingerprint density at radius 1 is 1.10 bits per heavy atom. The monoisotopic (exact) mass is 401 g/mol. The lowest BCUT2D eigenvalue weighted by Gasteiger charge is -2.08. The Labute approximate surface area is 170 Å². The van der Waals surface area contributed by atoms with Crippen LogP contribution in [0, 0.1) is 5.82 Å². The average Bonchev–Trinajstić information content (AvgIpc) is 3.37. The molecule has 0 aliphatic heterocycles. The Balaban J connectivity index is 1.58. The quantitative estimate of drug-likeness (QED) is 0.419. The van der Waals surface area contributed by atoms with Gasteiger partial charge in [0.15, 0.2) is 11.4 Å². The fraction of sp³-hybridized carbons (Fsp3) is 0.0909. The van der Waals surface area contributed by atoms with Crippen molar-refractivity contribution in [1.29, 1.82) is 0 Å². The molecule has 8 heteroatoms. The van der Waals surface area contributed by atoms with E-state index in [1.54, 1.807) is 41.2 Å². The number of carbonyl (C=O) groups is 1. The largest absolute Gasteiger partial charge is 0.496 e. The molecule has 4 aromatic heterocycles. The van der Waals surface area contributed by atoms with Crippen molar-refractivity contribution < 1.29 is 13.9 Å². The molecule has 0 aliphatic carbocycles. The molecule has 0 spiro atoms. The minimum absolute atomic E-state index is 0.0449. The number of carbonyl (C=O) groups excluding carboxylic acids is 1. The molecule has 0 unspecified atom stereocenters. The van der Waals surface area contributed by atoms with Gasteiger partial charge in [-0.05, 0) is 30.3 Å². The number of para-hydroxylation sites is 1. The molecule has 0 aliphatic rings. The van der Waals surface area contributed by atoms with Crippen molar-refractivity contribution in [2.45, 2.75) is 6.54 Å². The van der Waals surface area contributed by atoms with Crippen LogP contribution in [-0.2, 0) is 6.54 Å². The van der Waals surface area contributed by atoms with Crippen LogP contribution in [0.2, 0.25) is 0 Å². The van der Waals surface area contributed by atoms with Gasteiger partial charge >= 0.3 is 0 Å². The summed E-state index contributed by atoms with van der Waals surface area (Å²) < 4.78 is 23.2. The zero-order valence-electron chi connectivity index (χ0n) is 16.0. The first-order valence-electron chi connectivity index (χ1n) is 9.27. The highest BCUT2D eigenvalue weighted by Gasteiger charge is 2.18. The van der Waals surface area contributed by atoms with E-state index >= 15 is 0 Å². The highest BCUT2D eigenvalue weighted by molar-refractivity contribution is 5.99. The molecular weight excluding hydrogens is 385 g/mol. The smallest absolute Gasteiger partial charge is 0.188 e. The van der Waals surface area contributed by atoms with Crippen LogP contribution < -0.4 is 4.74 Å². The van der Waals surface area contributed by atoms with Gasteiger partial charge in [-0.15, -0.1) is 0 Å². The van der Waals surface area contributed by atoms with E-state index in [1.807, 2.05) is 18.2 Å². The number of rotatable bonds is 5. The van der Waals surface area contributed by atoms with Gasteiger partial charge in [-0.3, -0.25) is 4.79 Å². The fourth-order valence-corrected chi connectivity index (χ4v) is 3.50. The summed E-state index contributed by atoms with van der Waals surface area (Å²) in [5, 5.41) is 9.01. The molecule has 0 amide bonds. The topological polar surface area (TPSA) is 74.3 Å². The van der Waals surface area contributed by atoms with Gasteiger partial charge in [-0.1, -0.05) is 18.2 Å². The van der Waals surface area contributed by atoms with Crippen molar-refractivity contribution in [3.8, 4) is 17.0 Å². The van der Waals surface area contributed by atoms with Gasteiger partial charge in [0, 0.05) is 17.1 Å². The number of pyridine rings is 2. The number of benzene rings is 1. The number of Topliss-reactive ketones (excluding diaryl/α,β-unsaturated/α-hetero) is 1. The predicted octanol–water partition coefficient (Wildman–Crippen LogP) is 3.78. The molecule has 0 saturated carbocycles. The lowest BCUT2D eigenvalue weighted by Crippen LogP contribution is -2.13. The first kappa shape index (κ1) is 18.0. The number of hydrogen-bond donors (Lipinski definition) is 0. The summed E-state index contributed by atoms with van der Waals surface area (Å²) in [6.45, 7) is -0.0449. The minimum atomic E-state index is -0.475. The molecular formula is C22H16FN5O2. The molecule has 0 bridgehead atoms. The second kappa shape index (κ2) is 7.07. The van der Waals surface area contributed by atoms with E-state index < -0.39 is 5.82 Å². The van der Waals surface area contributed by atoms with E-state index in [2.05, 4.69) is 15.2 Å². The van der Waals surface area contributed by atoms with Gasteiger partial charge < -0.3 is 4.74 Å². The highest BCUT2D eigenvalue weighted by Crippen LogP contribution is 2.28. The average molecular weight is 401 g/mol. The normalized spacial score (nSPS) is 11.3. The second-order valence-electron chi connectivity index (χ2n) is 6.75. The Morgan fingerprint density at radius 3 is 2.80 bits per heavy atom. The summed E-state index contributed by atoms with van der Waals surface area (Å²) in [6.07, 6.45) is 4.86. The van der Waals surface area contributed by atoms with Gasteiger partial charge in [0.25, 0.3) is 0 Å².